The highest BCUT2D eigenvalue weighted by molar-refractivity contribution is 5.99. The van der Waals surface area contributed by atoms with E-state index in [9.17, 15) is 4.39 Å². The van der Waals surface area contributed by atoms with Crippen molar-refractivity contribution in [1.29, 1.82) is 5.41 Å². The molecule has 0 aliphatic carbocycles. The number of rotatable bonds is 6. The first-order chi connectivity index (χ1) is 20.3. The first-order valence-corrected chi connectivity index (χ1v) is 14.6. The maximum absolute atomic E-state index is 15.6. The predicted octanol–water partition coefficient (Wildman–Crippen LogP) is 4.14. The zero-order valence-corrected chi connectivity index (χ0v) is 24.4. The van der Waals surface area contributed by atoms with E-state index < -0.39 is 11.6 Å². The molecule has 10 nitrogen and oxygen atoms in total. The maximum atomic E-state index is 15.6. The van der Waals surface area contributed by atoms with Crippen LogP contribution >= 0.6 is 0 Å². The maximum Gasteiger partial charge on any atom is 0.152 e. The second-order valence-corrected chi connectivity index (χ2v) is 11.3. The van der Waals surface area contributed by atoms with E-state index >= 15 is 4.39 Å². The molecule has 3 fully saturated rings. The Kier molecular flexibility index (Phi) is 8.00. The van der Waals surface area contributed by atoms with Gasteiger partial charge in [-0.05, 0) is 26.8 Å². The molecule has 0 unspecified atom stereocenters. The van der Waals surface area contributed by atoms with Crippen molar-refractivity contribution >= 4 is 45.4 Å². The fraction of sp³-hybridized carbons (Fsp3) is 0.500. The van der Waals surface area contributed by atoms with Crippen LogP contribution in [-0.4, -0.2) is 99.0 Å². The third-order valence-electron chi connectivity index (χ3n) is 8.24. The Hall–Kier alpha value is -3.77. The molecule has 3 aliphatic rings. The van der Waals surface area contributed by atoms with Crippen LogP contribution < -0.4 is 20.0 Å². The first-order valence-electron chi connectivity index (χ1n) is 14.6. The minimum absolute atomic E-state index is 0.218. The van der Waals surface area contributed by atoms with E-state index in [1.165, 1.54) is 6.07 Å². The van der Waals surface area contributed by atoms with Crippen molar-refractivity contribution in [2.75, 3.05) is 92.3 Å². The van der Waals surface area contributed by atoms with Gasteiger partial charge in [-0.15, -0.1) is 0 Å². The Morgan fingerprint density at radius 2 is 1.57 bits per heavy atom. The number of hydrogen-bond acceptors (Lipinski definition) is 9. The second-order valence-electron chi connectivity index (χ2n) is 11.3. The molecule has 1 aromatic carbocycles. The molecule has 12 heteroatoms. The Morgan fingerprint density at radius 1 is 0.881 bits per heavy atom. The lowest BCUT2D eigenvalue weighted by Crippen LogP contribution is -2.52. The highest BCUT2D eigenvalue weighted by atomic mass is 19.1. The van der Waals surface area contributed by atoms with Crippen molar-refractivity contribution in [2.45, 2.75) is 26.8 Å². The average molecular weight is 581 g/mol. The van der Waals surface area contributed by atoms with Gasteiger partial charge in [-0.3, -0.25) is 5.41 Å². The summed E-state index contributed by atoms with van der Waals surface area (Å²) in [6.45, 7) is 13.1. The summed E-state index contributed by atoms with van der Waals surface area (Å²) < 4.78 is 41.2. The highest BCUT2D eigenvalue weighted by Gasteiger charge is 2.28. The molecule has 3 aliphatic heterocycles. The fourth-order valence-corrected chi connectivity index (χ4v) is 6.02. The van der Waals surface area contributed by atoms with E-state index in [0.29, 0.717) is 76.5 Å². The predicted molar refractivity (Wildman–Crippen MR) is 162 cm³/mol. The minimum atomic E-state index is -0.685. The van der Waals surface area contributed by atoms with Gasteiger partial charge in [0, 0.05) is 63.0 Å². The molecule has 6 rings (SSSR count). The van der Waals surface area contributed by atoms with Crippen molar-refractivity contribution < 1.29 is 18.3 Å². The lowest BCUT2D eigenvalue weighted by molar-refractivity contribution is 0.122. The molecule has 0 bridgehead atoms. The Morgan fingerprint density at radius 3 is 2.24 bits per heavy atom. The number of morpholine rings is 2. The summed E-state index contributed by atoms with van der Waals surface area (Å²) in [7, 11) is 0. The number of nitrogens with zero attached hydrogens (tertiary/aromatic N) is 6. The summed E-state index contributed by atoms with van der Waals surface area (Å²) in [5.74, 6) is 0.478. The van der Waals surface area contributed by atoms with E-state index in [0.717, 1.165) is 41.9 Å². The number of fused-ring (bicyclic) bond motifs is 1. The standard InChI is InChI=1S/C30H38F2N8O2/c1-19(2)40-5-4-39(18-26(40)33)29-20(3)28(27-23(32)14-21(31)15-24(27)36-29)35-25-16-22(37-6-10-41-11-7-37)17-34-30(25)38-8-12-42-13-9-38/h14-17,19,33H,4-13,18H2,1-3H3,(H,35,36). The monoisotopic (exact) mass is 580 g/mol. The van der Waals surface area contributed by atoms with Gasteiger partial charge in [-0.1, -0.05) is 0 Å². The molecule has 0 spiro atoms. The molecule has 2 aromatic heterocycles. The van der Waals surface area contributed by atoms with Gasteiger partial charge in [-0.25, -0.2) is 18.7 Å². The smallest absolute Gasteiger partial charge is 0.152 e. The zero-order valence-electron chi connectivity index (χ0n) is 24.4. The van der Waals surface area contributed by atoms with Gasteiger partial charge in [0.15, 0.2) is 5.82 Å². The molecule has 0 atom stereocenters. The summed E-state index contributed by atoms with van der Waals surface area (Å²) in [5.41, 5.74) is 3.13. The summed E-state index contributed by atoms with van der Waals surface area (Å²) >= 11 is 0. The molecule has 3 saturated heterocycles. The third kappa shape index (κ3) is 5.52. The van der Waals surface area contributed by atoms with E-state index in [1.807, 2.05) is 24.1 Å². The number of anilines is 5. The number of hydrogen-bond donors (Lipinski definition) is 2. The van der Waals surface area contributed by atoms with Crippen LogP contribution in [0, 0.1) is 24.0 Å². The number of amidine groups is 1. The van der Waals surface area contributed by atoms with Crippen molar-refractivity contribution in [3.8, 4) is 0 Å². The van der Waals surface area contributed by atoms with E-state index in [1.54, 1.807) is 0 Å². The minimum Gasteiger partial charge on any atom is -0.378 e. The van der Waals surface area contributed by atoms with Crippen LogP contribution in [0.1, 0.15) is 19.4 Å². The lowest BCUT2D eigenvalue weighted by Gasteiger charge is -2.40. The lowest BCUT2D eigenvalue weighted by atomic mass is 10.1. The van der Waals surface area contributed by atoms with Gasteiger partial charge in [0.05, 0.1) is 67.1 Å². The average Bonchev–Trinajstić information content (AvgIpc) is 2.99. The van der Waals surface area contributed by atoms with Crippen LogP contribution in [0.25, 0.3) is 10.9 Å². The number of benzene rings is 1. The van der Waals surface area contributed by atoms with Crippen LogP contribution in [0.4, 0.5) is 37.5 Å². The quantitative estimate of drug-likeness (QED) is 0.446. The number of pyridine rings is 2. The van der Waals surface area contributed by atoms with Crippen LogP contribution in [0.5, 0.6) is 0 Å². The van der Waals surface area contributed by atoms with Crippen molar-refractivity contribution in [1.82, 2.24) is 14.9 Å². The normalized spacial score (nSPS) is 18.4. The summed E-state index contributed by atoms with van der Waals surface area (Å²) in [6, 6.07) is 4.44. The highest BCUT2D eigenvalue weighted by Crippen LogP contribution is 2.40. The molecule has 42 heavy (non-hydrogen) atoms. The molecule has 3 aromatic rings. The van der Waals surface area contributed by atoms with Crippen molar-refractivity contribution in [2.24, 2.45) is 0 Å². The van der Waals surface area contributed by atoms with Gasteiger partial charge in [0.25, 0.3) is 0 Å². The SMILES string of the molecule is Cc1c(N2CCN(C(C)C)C(=N)C2)nc2cc(F)cc(F)c2c1Nc1cc(N2CCOCC2)cnc1N1CCOCC1. The molecule has 224 valence electrons. The number of ether oxygens (including phenoxy) is 2. The Balaban J connectivity index is 1.46. The van der Waals surface area contributed by atoms with Gasteiger partial charge >= 0.3 is 0 Å². The van der Waals surface area contributed by atoms with Gasteiger partial charge < -0.3 is 34.4 Å². The van der Waals surface area contributed by atoms with E-state index in [2.05, 4.69) is 33.9 Å². The topological polar surface area (TPSA) is 93.1 Å². The molecule has 0 saturated carbocycles. The zero-order chi connectivity index (χ0) is 29.4. The number of halogens is 2. The Labute approximate surface area is 244 Å². The molecule has 0 amide bonds. The van der Waals surface area contributed by atoms with Gasteiger partial charge in [-0.2, -0.15) is 0 Å². The van der Waals surface area contributed by atoms with Gasteiger partial charge in [0.1, 0.15) is 23.3 Å². The van der Waals surface area contributed by atoms with E-state index in [-0.39, 0.29) is 16.9 Å². The number of aromatic nitrogens is 2. The molecular formula is C30H38F2N8O2. The summed E-state index contributed by atoms with van der Waals surface area (Å²) in [6.07, 6.45) is 1.88. The second kappa shape index (κ2) is 11.8. The number of nitrogens with one attached hydrogen (secondary N) is 2. The first kappa shape index (κ1) is 28.4. The molecule has 5 heterocycles. The molecular weight excluding hydrogens is 542 g/mol. The third-order valence-corrected chi connectivity index (χ3v) is 8.24. The molecule has 2 N–H and O–H groups in total. The Bertz CT molecular complexity index is 1470. The summed E-state index contributed by atoms with van der Waals surface area (Å²) in [4.78, 5) is 18.1. The summed E-state index contributed by atoms with van der Waals surface area (Å²) in [5, 5.41) is 12.4. The van der Waals surface area contributed by atoms with Crippen LogP contribution in [0.2, 0.25) is 0 Å². The van der Waals surface area contributed by atoms with Gasteiger partial charge in [0.2, 0.25) is 0 Å². The van der Waals surface area contributed by atoms with Crippen molar-refractivity contribution in [3.05, 3.63) is 41.6 Å². The van der Waals surface area contributed by atoms with Crippen LogP contribution in [0.15, 0.2) is 24.4 Å². The van der Waals surface area contributed by atoms with Crippen molar-refractivity contribution in [3.63, 3.8) is 0 Å². The van der Waals surface area contributed by atoms with Crippen LogP contribution in [0.3, 0.4) is 0 Å². The fourth-order valence-electron chi connectivity index (χ4n) is 6.02. The largest absolute Gasteiger partial charge is 0.378 e. The number of piperazine rings is 1. The van der Waals surface area contributed by atoms with E-state index in [4.69, 9.17) is 24.9 Å². The van der Waals surface area contributed by atoms with Crippen LogP contribution in [-0.2, 0) is 9.47 Å². The molecule has 0 radical (unpaired) electrons.